The van der Waals surface area contributed by atoms with Crippen LogP contribution >= 0.6 is 0 Å². The minimum Gasteiger partial charge on any atom is -0.299 e. The van der Waals surface area contributed by atoms with Crippen LogP contribution in [-0.2, 0) is 19.6 Å². The summed E-state index contributed by atoms with van der Waals surface area (Å²) >= 11 is 0. The molecule has 3 fully saturated rings. The molecule has 0 N–H and O–H groups in total. The van der Waals surface area contributed by atoms with Crippen molar-refractivity contribution in [1.29, 1.82) is 0 Å². The number of rotatable bonds is 12. The minimum atomic E-state index is 0.660. The standard InChI is InChI=1S/C36H48N4/c1-4-13-31(14-5-1)25-38-22-10-19-34(38)28-37(29-35-20-11-23-39(35)26-32-15-6-2-7-16-32)30-36-21-12-24-40(36)27-33-17-8-3-9-18-33/h1-9,13-18,34-36H,10-12,19-30H2/t34-,35-,36-/m0/s1. The van der Waals surface area contributed by atoms with E-state index in [-0.39, 0.29) is 0 Å². The minimum absolute atomic E-state index is 0.660. The molecule has 4 heteroatoms. The highest BCUT2D eigenvalue weighted by Gasteiger charge is 2.33. The van der Waals surface area contributed by atoms with Gasteiger partial charge in [0.25, 0.3) is 0 Å². The molecule has 3 atom stereocenters. The topological polar surface area (TPSA) is 13.0 Å². The molecular weight excluding hydrogens is 488 g/mol. The molecule has 0 aromatic heterocycles. The summed E-state index contributed by atoms with van der Waals surface area (Å²) in [6.45, 7) is 10.6. The summed E-state index contributed by atoms with van der Waals surface area (Å²) in [4.78, 5) is 11.2. The molecule has 3 saturated heterocycles. The molecule has 0 spiro atoms. The fourth-order valence-corrected chi connectivity index (χ4v) is 7.50. The zero-order valence-electron chi connectivity index (χ0n) is 24.3. The van der Waals surface area contributed by atoms with E-state index in [9.17, 15) is 0 Å². The van der Waals surface area contributed by atoms with E-state index in [4.69, 9.17) is 0 Å². The van der Waals surface area contributed by atoms with Crippen molar-refractivity contribution in [2.45, 2.75) is 76.3 Å². The van der Waals surface area contributed by atoms with Gasteiger partial charge in [0.05, 0.1) is 0 Å². The van der Waals surface area contributed by atoms with Crippen LogP contribution in [0.15, 0.2) is 91.0 Å². The Labute approximate surface area is 242 Å². The first-order valence-electron chi connectivity index (χ1n) is 15.9. The van der Waals surface area contributed by atoms with Crippen molar-refractivity contribution in [3.05, 3.63) is 108 Å². The lowest BCUT2D eigenvalue weighted by molar-refractivity contribution is 0.1000. The summed E-state index contributed by atoms with van der Waals surface area (Å²) in [6, 6.07) is 35.3. The molecule has 3 aliphatic heterocycles. The van der Waals surface area contributed by atoms with Gasteiger partial charge in [0.1, 0.15) is 0 Å². The molecule has 3 aliphatic rings. The van der Waals surface area contributed by atoms with Crippen LogP contribution in [0.5, 0.6) is 0 Å². The third kappa shape index (κ3) is 7.41. The van der Waals surface area contributed by atoms with Crippen LogP contribution in [0.2, 0.25) is 0 Å². The lowest BCUT2D eigenvalue weighted by Gasteiger charge is -2.37. The van der Waals surface area contributed by atoms with Crippen molar-refractivity contribution < 1.29 is 0 Å². The maximum Gasteiger partial charge on any atom is 0.0237 e. The quantitative estimate of drug-likeness (QED) is 0.270. The van der Waals surface area contributed by atoms with E-state index in [1.807, 2.05) is 0 Å². The van der Waals surface area contributed by atoms with E-state index in [0.717, 1.165) is 19.6 Å². The van der Waals surface area contributed by atoms with Crippen LogP contribution in [0.1, 0.15) is 55.2 Å². The summed E-state index contributed by atoms with van der Waals surface area (Å²) in [5, 5.41) is 0. The molecule has 0 saturated carbocycles. The number of hydrogen-bond acceptors (Lipinski definition) is 4. The summed E-state index contributed by atoms with van der Waals surface area (Å²) < 4.78 is 0. The molecule has 0 amide bonds. The smallest absolute Gasteiger partial charge is 0.0237 e. The van der Waals surface area contributed by atoms with Crippen molar-refractivity contribution in [3.63, 3.8) is 0 Å². The number of hydrogen-bond donors (Lipinski definition) is 0. The predicted molar refractivity (Wildman–Crippen MR) is 166 cm³/mol. The molecule has 6 rings (SSSR count). The molecule has 0 unspecified atom stereocenters. The molecule has 40 heavy (non-hydrogen) atoms. The molecule has 3 heterocycles. The number of nitrogens with zero attached hydrogens (tertiary/aromatic N) is 4. The van der Waals surface area contributed by atoms with Crippen molar-refractivity contribution in [1.82, 2.24) is 19.6 Å². The Balaban J connectivity index is 1.15. The summed E-state index contributed by atoms with van der Waals surface area (Å²) in [5.74, 6) is 0. The Morgan fingerprint density at radius 1 is 0.450 bits per heavy atom. The van der Waals surface area contributed by atoms with E-state index in [1.54, 1.807) is 0 Å². The third-order valence-corrected chi connectivity index (χ3v) is 9.59. The maximum absolute atomic E-state index is 2.90. The Morgan fingerprint density at radius 2 is 0.750 bits per heavy atom. The summed E-state index contributed by atoms with van der Waals surface area (Å²) in [7, 11) is 0. The van der Waals surface area contributed by atoms with Gasteiger partial charge in [0.2, 0.25) is 0 Å². The van der Waals surface area contributed by atoms with Gasteiger partial charge in [-0.1, -0.05) is 91.0 Å². The van der Waals surface area contributed by atoms with E-state index in [1.165, 1.54) is 94.5 Å². The number of benzene rings is 3. The average molecular weight is 537 g/mol. The normalized spacial score (nSPS) is 24.4. The zero-order chi connectivity index (χ0) is 27.0. The molecule has 0 bridgehead atoms. The molecule has 0 aliphatic carbocycles. The summed E-state index contributed by atoms with van der Waals surface area (Å²) in [5.41, 5.74) is 4.36. The van der Waals surface area contributed by atoms with Gasteiger partial charge < -0.3 is 0 Å². The zero-order valence-corrected chi connectivity index (χ0v) is 24.3. The molecular formula is C36H48N4. The predicted octanol–water partition coefficient (Wildman–Crippen LogP) is 6.28. The third-order valence-electron chi connectivity index (χ3n) is 9.59. The lowest BCUT2D eigenvalue weighted by Crippen LogP contribution is -2.49. The van der Waals surface area contributed by atoms with Gasteiger partial charge in [-0.3, -0.25) is 19.6 Å². The van der Waals surface area contributed by atoms with Crippen LogP contribution in [0, 0.1) is 0 Å². The first kappa shape index (κ1) is 27.7. The van der Waals surface area contributed by atoms with Crippen LogP contribution in [-0.4, -0.2) is 77.0 Å². The summed E-state index contributed by atoms with van der Waals surface area (Å²) in [6.07, 6.45) is 8.00. The van der Waals surface area contributed by atoms with Gasteiger partial charge in [-0.2, -0.15) is 0 Å². The first-order valence-corrected chi connectivity index (χ1v) is 15.9. The van der Waals surface area contributed by atoms with E-state index >= 15 is 0 Å². The highest BCUT2D eigenvalue weighted by molar-refractivity contribution is 5.17. The largest absolute Gasteiger partial charge is 0.299 e. The fourth-order valence-electron chi connectivity index (χ4n) is 7.50. The van der Waals surface area contributed by atoms with Gasteiger partial charge in [-0.05, 0) is 74.8 Å². The molecule has 3 aromatic rings. The Hall–Kier alpha value is -2.50. The second-order valence-electron chi connectivity index (χ2n) is 12.5. The van der Waals surface area contributed by atoms with Crippen LogP contribution in [0.25, 0.3) is 0 Å². The van der Waals surface area contributed by atoms with Crippen LogP contribution in [0.3, 0.4) is 0 Å². The van der Waals surface area contributed by atoms with Gasteiger partial charge in [-0.25, -0.2) is 0 Å². The van der Waals surface area contributed by atoms with Gasteiger partial charge in [0.15, 0.2) is 0 Å². The second kappa shape index (κ2) is 13.9. The monoisotopic (exact) mass is 536 g/mol. The van der Waals surface area contributed by atoms with Crippen molar-refractivity contribution >= 4 is 0 Å². The number of likely N-dealkylation sites (tertiary alicyclic amines) is 3. The van der Waals surface area contributed by atoms with E-state index in [2.05, 4.69) is 111 Å². The Morgan fingerprint density at radius 3 is 1.05 bits per heavy atom. The fraction of sp³-hybridized carbons (Fsp3) is 0.500. The highest BCUT2D eigenvalue weighted by Crippen LogP contribution is 2.27. The lowest BCUT2D eigenvalue weighted by atomic mass is 10.1. The van der Waals surface area contributed by atoms with Crippen LogP contribution in [0.4, 0.5) is 0 Å². The molecule has 4 nitrogen and oxygen atoms in total. The molecule has 0 radical (unpaired) electrons. The van der Waals surface area contributed by atoms with E-state index < -0.39 is 0 Å². The maximum atomic E-state index is 2.90. The Bertz CT molecular complexity index is 991. The van der Waals surface area contributed by atoms with Crippen LogP contribution < -0.4 is 0 Å². The Kier molecular flexibility index (Phi) is 9.62. The van der Waals surface area contributed by atoms with Gasteiger partial charge >= 0.3 is 0 Å². The average Bonchev–Trinajstić information content (AvgIpc) is 3.73. The second-order valence-corrected chi connectivity index (χ2v) is 12.5. The van der Waals surface area contributed by atoms with Crippen molar-refractivity contribution in [2.75, 3.05) is 39.3 Å². The molecule has 3 aromatic carbocycles. The van der Waals surface area contributed by atoms with Crippen molar-refractivity contribution in [3.8, 4) is 0 Å². The van der Waals surface area contributed by atoms with Gasteiger partial charge in [0, 0.05) is 57.4 Å². The highest BCUT2D eigenvalue weighted by atomic mass is 15.3. The van der Waals surface area contributed by atoms with Crippen molar-refractivity contribution in [2.24, 2.45) is 0 Å². The molecule has 212 valence electrons. The SMILES string of the molecule is c1ccc(CN2CCC[C@H]2CN(C[C@@H]2CCCN2Cc2ccccc2)C[C@@H]2CCCN2Cc2ccccc2)cc1. The van der Waals surface area contributed by atoms with Gasteiger partial charge in [-0.15, -0.1) is 0 Å². The van der Waals surface area contributed by atoms with E-state index in [0.29, 0.717) is 18.1 Å². The first-order chi connectivity index (χ1) is 19.8.